The first kappa shape index (κ1) is 14.0. The molecule has 0 heterocycles. The summed E-state index contributed by atoms with van der Waals surface area (Å²) in [5.74, 6) is 1.09. The van der Waals surface area contributed by atoms with Crippen molar-refractivity contribution < 1.29 is 0 Å². The fraction of sp³-hybridized carbons (Fsp3) is 0.462. The Morgan fingerprint density at radius 1 is 1.53 bits per heavy atom. The van der Waals surface area contributed by atoms with Gasteiger partial charge in [-0.05, 0) is 30.0 Å². The number of hydrogen-bond acceptors (Lipinski definition) is 1. The van der Waals surface area contributed by atoms with Crippen molar-refractivity contribution in [3.05, 3.63) is 34.3 Å². The summed E-state index contributed by atoms with van der Waals surface area (Å²) in [4.78, 5) is 3.89. The van der Waals surface area contributed by atoms with E-state index in [-0.39, 0.29) is 0 Å². The smallest absolute Gasteiger partial charge is 0.188 e. The summed E-state index contributed by atoms with van der Waals surface area (Å²) < 4.78 is 1.13. The number of nitrogens with zero attached hydrogens (tertiary/aromatic N) is 1. The Bertz CT molecular complexity index is 377. The van der Waals surface area contributed by atoms with Crippen molar-refractivity contribution in [2.24, 2.45) is 16.6 Å². The van der Waals surface area contributed by atoms with Gasteiger partial charge in [0.25, 0.3) is 0 Å². The van der Waals surface area contributed by atoms with E-state index in [1.165, 1.54) is 5.56 Å². The van der Waals surface area contributed by atoms with Crippen LogP contribution in [0.5, 0.6) is 0 Å². The molecule has 0 aliphatic heterocycles. The highest BCUT2D eigenvalue weighted by molar-refractivity contribution is 9.10. The molecule has 0 radical (unpaired) electrons. The average molecular weight is 298 g/mol. The van der Waals surface area contributed by atoms with Crippen molar-refractivity contribution in [3.63, 3.8) is 0 Å². The summed E-state index contributed by atoms with van der Waals surface area (Å²) in [7, 11) is 1.69. The van der Waals surface area contributed by atoms with E-state index in [1.54, 1.807) is 7.05 Å². The number of rotatable bonds is 5. The van der Waals surface area contributed by atoms with Crippen LogP contribution in [-0.2, 0) is 6.42 Å². The van der Waals surface area contributed by atoms with E-state index in [0.29, 0.717) is 11.9 Å². The predicted molar refractivity (Wildman–Crippen MR) is 77.2 cm³/mol. The maximum absolute atomic E-state index is 5.62. The number of aliphatic imine (C=N–C) groups is 1. The van der Waals surface area contributed by atoms with Crippen molar-refractivity contribution in [1.29, 1.82) is 0 Å². The summed E-state index contributed by atoms with van der Waals surface area (Å²) in [6.07, 6.45) is 2.18. The van der Waals surface area contributed by atoms with Crippen molar-refractivity contribution in [2.45, 2.75) is 19.8 Å². The van der Waals surface area contributed by atoms with Crippen molar-refractivity contribution in [3.8, 4) is 0 Å². The Morgan fingerprint density at radius 2 is 2.29 bits per heavy atom. The second-order valence-electron chi connectivity index (χ2n) is 4.10. The van der Waals surface area contributed by atoms with Crippen molar-refractivity contribution in [1.82, 2.24) is 5.32 Å². The standard InChI is InChI=1S/C13H20BrN3/c1-3-10(9-17-13(15)16-2)7-11-5-4-6-12(14)8-11/h4-6,8,10H,3,7,9H2,1-2H3,(H3,15,16,17). The second-order valence-corrected chi connectivity index (χ2v) is 5.01. The number of guanidine groups is 1. The van der Waals surface area contributed by atoms with Crippen LogP contribution in [0.2, 0.25) is 0 Å². The van der Waals surface area contributed by atoms with Gasteiger partial charge in [-0.25, -0.2) is 0 Å². The highest BCUT2D eigenvalue weighted by atomic mass is 79.9. The molecule has 0 bridgehead atoms. The largest absolute Gasteiger partial charge is 0.370 e. The van der Waals surface area contributed by atoms with Crippen LogP contribution in [0.15, 0.2) is 33.7 Å². The molecule has 1 aromatic carbocycles. The Hall–Kier alpha value is -1.03. The fourth-order valence-corrected chi connectivity index (χ4v) is 2.13. The Balaban J connectivity index is 2.52. The third kappa shape index (κ3) is 5.22. The zero-order valence-electron chi connectivity index (χ0n) is 10.4. The molecule has 0 aliphatic rings. The van der Waals surface area contributed by atoms with Gasteiger partial charge < -0.3 is 11.1 Å². The zero-order valence-corrected chi connectivity index (χ0v) is 12.0. The minimum atomic E-state index is 0.512. The molecular formula is C13H20BrN3. The molecule has 3 N–H and O–H groups in total. The van der Waals surface area contributed by atoms with Crippen LogP contribution in [0.1, 0.15) is 18.9 Å². The lowest BCUT2D eigenvalue weighted by Gasteiger charge is -2.16. The topological polar surface area (TPSA) is 50.4 Å². The van der Waals surface area contributed by atoms with E-state index < -0.39 is 0 Å². The van der Waals surface area contributed by atoms with Crippen molar-refractivity contribution >= 4 is 21.9 Å². The molecule has 17 heavy (non-hydrogen) atoms. The number of benzene rings is 1. The summed E-state index contributed by atoms with van der Waals surface area (Å²) in [5, 5.41) is 3.13. The molecule has 1 aromatic rings. The molecule has 0 amide bonds. The lowest BCUT2D eigenvalue weighted by Crippen LogP contribution is -2.35. The lowest BCUT2D eigenvalue weighted by atomic mass is 9.97. The van der Waals surface area contributed by atoms with E-state index in [2.05, 4.69) is 51.4 Å². The zero-order chi connectivity index (χ0) is 12.7. The first-order valence-electron chi connectivity index (χ1n) is 5.86. The number of nitrogens with two attached hydrogens (primary N) is 1. The summed E-state index contributed by atoms with van der Waals surface area (Å²) >= 11 is 3.49. The van der Waals surface area contributed by atoms with Gasteiger partial charge in [-0.1, -0.05) is 41.4 Å². The highest BCUT2D eigenvalue weighted by Gasteiger charge is 2.08. The van der Waals surface area contributed by atoms with Crippen molar-refractivity contribution in [2.75, 3.05) is 13.6 Å². The van der Waals surface area contributed by atoms with Crippen LogP contribution in [0.3, 0.4) is 0 Å². The second kappa shape index (κ2) is 7.33. The third-order valence-electron chi connectivity index (χ3n) is 2.80. The normalized spacial score (nSPS) is 13.5. The number of nitrogens with one attached hydrogen (secondary N) is 1. The van der Waals surface area contributed by atoms with E-state index in [4.69, 9.17) is 5.73 Å². The first-order chi connectivity index (χ1) is 8.15. The minimum Gasteiger partial charge on any atom is -0.370 e. The van der Waals surface area contributed by atoms with Gasteiger partial charge in [-0.2, -0.15) is 0 Å². The van der Waals surface area contributed by atoms with E-state index in [9.17, 15) is 0 Å². The maximum Gasteiger partial charge on any atom is 0.188 e. The van der Waals surface area contributed by atoms with Crippen LogP contribution in [-0.4, -0.2) is 19.6 Å². The molecule has 0 saturated carbocycles. The van der Waals surface area contributed by atoms with E-state index in [1.807, 2.05) is 6.07 Å². The Kier molecular flexibility index (Phi) is 6.05. The van der Waals surface area contributed by atoms with Gasteiger partial charge in [-0.3, -0.25) is 4.99 Å². The van der Waals surface area contributed by atoms with Gasteiger partial charge in [0.15, 0.2) is 5.96 Å². The third-order valence-corrected chi connectivity index (χ3v) is 3.30. The average Bonchev–Trinajstić information content (AvgIpc) is 2.34. The molecule has 0 aliphatic carbocycles. The van der Waals surface area contributed by atoms with Gasteiger partial charge >= 0.3 is 0 Å². The molecule has 1 rings (SSSR count). The van der Waals surface area contributed by atoms with Gasteiger partial charge in [0.2, 0.25) is 0 Å². The fourth-order valence-electron chi connectivity index (χ4n) is 1.69. The number of halogens is 1. The minimum absolute atomic E-state index is 0.512. The molecule has 0 aromatic heterocycles. The van der Waals surface area contributed by atoms with Crippen LogP contribution in [0, 0.1) is 5.92 Å². The van der Waals surface area contributed by atoms with E-state index >= 15 is 0 Å². The molecular weight excluding hydrogens is 278 g/mol. The Morgan fingerprint density at radius 3 is 2.88 bits per heavy atom. The Labute approximate surface area is 112 Å². The van der Waals surface area contributed by atoms with Crippen LogP contribution in [0.4, 0.5) is 0 Å². The molecule has 4 heteroatoms. The van der Waals surface area contributed by atoms with Gasteiger partial charge in [0.05, 0.1) is 0 Å². The quantitative estimate of drug-likeness (QED) is 0.648. The molecule has 0 spiro atoms. The van der Waals surface area contributed by atoms with Crippen LogP contribution >= 0.6 is 15.9 Å². The predicted octanol–water partition coefficient (Wildman–Crippen LogP) is 2.55. The molecule has 0 fully saturated rings. The lowest BCUT2D eigenvalue weighted by molar-refractivity contribution is 0.496. The monoisotopic (exact) mass is 297 g/mol. The van der Waals surface area contributed by atoms with Gasteiger partial charge in [-0.15, -0.1) is 0 Å². The molecule has 1 atom stereocenters. The maximum atomic E-state index is 5.62. The summed E-state index contributed by atoms with van der Waals surface area (Å²) in [5.41, 5.74) is 6.97. The first-order valence-corrected chi connectivity index (χ1v) is 6.65. The molecule has 3 nitrogen and oxygen atoms in total. The highest BCUT2D eigenvalue weighted by Crippen LogP contribution is 2.16. The van der Waals surface area contributed by atoms with Gasteiger partial charge in [0.1, 0.15) is 0 Å². The van der Waals surface area contributed by atoms with Crippen LogP contribution < -0.4 is 11.1 Å². The number of hydrogen-bond donors (Lipinski definition) is 2. The molecule has 0 saturated heterocycles. The van der Waals surface area contributed by atoms with Gasteiger partial charge in [0, 0.05) is 18.1 Å². The van der Waals surface area contributed by atoms with Crippen LogP contribution in [0.25, 0.3) is 0 Å². The summed E-state index contributed by atoms with van der Waals surface area (Å²) in [6.45, 7) is 3.07. The molecule has 94 valence electrons. The molecule has 1 unspecified atom stereocenters. The SMILES string of the molecule is CCC(CNC(N)=NC)Cc1cccc(Br)c1. The summed E-state index contributed by atoms with van der Waals surface area (Å²) in [6, 6.07) is 8.44. The van der Waals surface area contributed by atoms with E-state index in [0.717, 1.165) is 23.9 Å².